The number of esters is 1. The van der Waals surface area contributed by atoms with Crippen LogP contribution < -0.4 is 0 Å². The van der Waals surface area contributed by atoms with Crippen molar-refractivity contribution in [1.82, 2.24) is 0 Å². The number of methoxy groups -OCH3 is 1. The van der Waals surface area contributed by atoms with E-state index in [4.69, 9.17) is 9.47 Å². The van der Waals surface area contributed by atoms with Gasteiger partial charge in [-0.1, -0.05) is 27.7 Å². The highest BCUT2D eigenvalue weighted by molar-refractivity contribution is 5.73. The maximum atomic E-state index is 11.9. The van der Waals surface area contributed by atoms with Crippen LogP contribution in [-0.2, 0) is 14.3 Å². The lowest BCUT2D eigenvalue weighted by atomic mass is 9.72. The molecule has 0 spiro atoms. The van der Waals surface area contributed by atoms with E-state index in [0.717, 1.165) is 19.3 Å². The molecule has 3 heteroatoms. The van der Waals surface area contributed by atoms with Gasteiger partial charge in [0.2, 0.25) is 0 Å². The number of ether oxygens (including phenoxy) is 2. The number of rotatable bonds is 8. The molecule has 0 aromatic rings. The molecule has 0 aromatic heterocycles. The fraction of sp³-hybridized carbons (Fsp3) is 0.923. The fourth-order valence-electron chi connectivity index (χ4n) is 2.01. The topological polar surface area (TPSA) is 35.5 Å². The van der Waals surface area contributed by atoms with Crippen LogP contribution in [0.5, 0.6) is 0 Å². The van der Waals surface area contributed by atoms with Gasteiger partial charge >= 0.3 is 5.97 Å². The summed E-state index contributed by atoms with van der Waals surface area (Å²) in [6, 6.07) is 0. The minimum atomic E-state index is -0.0780. The van der Waals surface area contributed by atoms with Gasteiger partial charge in [-0.15, -0.1) is 0 Å². The summed E-state index contributed by atoms with van der Waals surface area (Å²) in [6.45, 7) is 9.31. The van der Waals surface area contributed by atoms with Gasteiger partial charge in [0.25, 0.3) is 0 Å². The van der Waals surface area contributed by atoms with Crippen LogP contribution in [0.1, 0.15) is 47.0 Å². The van der Waals surface area contributed by atoms with Gasteiger partial charge in [-0.25, -0.2) is 0 Å². The quantitative estimate of drug-likeness (QED) is 0.475. The van der Waals surface area contributed by atoms with E-state index in [2.05, 4.69) is 20.8 Å². The molecule has 3 nitrogen and oxygen atoms in total. The van der Waals surface area contributed by atoms with Gasteiger partial charge in [0.1, 0.15) is 6.61 Å². The van der Waals surface area contributed by atoms with Crippen LogP contribution in [0.15, 0.2) is 0 Å². The molecule has 0 saturated carbocycles. The van der Waals surface area contributed by atoms with Crippen molar-refractivity contribution in [3.05, 3.63) is 0 Å². The summed E-state index contributed by atoms with van der Waals surface area (Å²) in [5, 5.41) is 0. The Morgan fingerprint density at radius 1 is 1.19 bits per heavy atom. The van der Waals surface area contributed by atoms with Crippen molar-refractivity contribution in [2.75, 3.05) is 20.3 Å². The molecule has 96 valence electrons. The predicted molar refractivity (Wildman–Crippen MR) is 65.3 cm³/mol. The summed E-state index contributed by atoms with van der Waals surface area (Å²) in [5.41, 5.74) is 0.0545. The zero-order valence-electron chi connectivity index (χ0n) is 11.3. The molecule has 0 rings (SSSR count). The standard InChI is InChI=1S/C13H26O3/c1-6-11(13(4,7-2)8-3)12(14)16-10-9-15-5/h11H,6-10H2,1-5H3. The molecule has 0 aliphatic rings. The highest BCUT2D eigenvalue weighted by Gasteiger charge is 2.35. The van der Waals surface area contributed by atoms with E-state index in [1.165, 1.54) is 0 Å². The molecular weight excluding hydrogens is 204 g/mol. The summed E-state index contributed by atoms with van der Waals surface area (Å²) < 4.78 is 10.1. The molecule has 0 N–H and O–H groups in total. The minimum absolute atomic E-state index is 0.000596. The van der Waals surface area contributed by atoms with E-state index in [0.29, 0.717) is 13.2 Å². The number of carbonyl (C=O) groups is 1. The zero-order valence-corrected chi connectivity index (χ0v) is 11.3. The molecule has 0 aliphatic carbocycles. The van der Waals surface area contributed by atoms with Crippen LogP contribution in [0, 0.1) is 11.3 Å². The molecule has 0 amide bonds. The molecule has 0 saturated heterocycles. The van der Waals surface area contributed by atoms with Crippen LogP contribution in [0.4, 0.5) is 0 Å². The Morgan fingerprint density at radius 3 is 2.12 bits per heavy atom. The van der Waals surface area contributed by atoms with Gasteiger partial charge in [-0.05, 0) is 24.7 Å². The third kappa shape index (κ3) is 4.12. The van der Waals surface area contributed by atoms with Gasteiger partial charge in [0.15, 0.2) is 0 Å². The van der Waals surface area contributed by atoms with Crippen LogP contribution in [0.25, 0.3) is 0 Å². The van der Waals surface area contributed by atoms with Crippen LogP contribution >= 0.6 is 0 Å². The Labute approximate surface area is 99.5 Å². The molecule has 0 aromatic carbocycles. The van der Waals surface area contributed by atoms with E-state index in [1.54, 1.807) is 7.11 Å². The largest absolute Gasteiger partial charge is 0.463 e. The van der Waals surface area contributed by atoms with Gasteiger partial charge in [0, 0.05) is 7.11 Å². The van der Waals surface area contributed by atoms with Crippen molar-refractivity contribution in [2.24, 2.45) is 11.3 Å². The molecule has 16 heavy (non-hydrogen) atoms. The van der Waals surface area contributed by atoms with E-state index >= 15 is 0 Å². The second-order valence-corrected chi connectivity index (χ2v) is 4.48. The Morgan fingerprint density at radius 2 is 1.75 bits per heavy atom. The smallest absolute Gasteiger partial charge is 0.309 e. The number of hydrogen-bond acceptors (Lipinski definition) is 3. The average molecular weight is 230 g/mol. The molecule has 0 heterocycles. The Hall–Kier alpha value is -0.570. The van der Waals surface area contributed by atoms with Crippen molar-refractivity contribution < 1.29 is 14.3 Å². The Balaban J connectivity index is 4.41. The normalized spacial score (nSPS) is 13.6. The summed E-state index contributed by atoms with van der Waals surface area (Å²) in [6.07, 6.45) is 2.84. The fourth-order valence-corrected chi connectivity index (χ4v) is 2.01. The number of hydrogen-bond donors (Lipinski definition) is 0. The van der Waals surface area contributed by atoms with Crippen LogP contribution in [0.3, 0.4) is 0 Å². The Kier molecular flexibility index (Phi) is 7.39. The van der Waals surface area contributed by atoms with E-state index in [-0.39, 0.29) is 17.3 Å². The summed E-state index contributed by atoms with van der Waals surface area (Å²) in [5.74, 6) is -0.0786. The SMILES string of the molecule is CCC(C(=O)OCCOC)C(C)(CC)CC. The van der Waals surface area contributed by atoms with Crippen molar-refractivity contribution in [1.29, 1.82) is 0 Å². The average Bonchev–Trinajstić information content (AvgIpc) is 2.30. The maximum absolute atomic E-state index is 11.9. The minimum Gasteiger partial charge on any atom is -0.463 e. The van der Waals surface area contributed by atoms with Crippen LogP contribution in [-0.4, -0.2) is 26.3 Å². The second-order valence-electron chi connectivity index (χ2n) is 4.48. The second kappa shape index (κ2) is 7.66. The lowest BCUT2D eigenvalue weighted by molar-refractivity contribution is -0.155. The Bertz CT molecular complexity index is 197. The van der Waals surface area contributed by atoms with Crippen molar-refractivity contribution in [3.63, 3.8) is 0 Å². The third-order valence-corrected chi connectivity index (χ3v) is 3.68. The van der Waals surface area contributed by atoms with Crippen molar-refractivity contribution in [3.8, 4) is 0 Å². The van der Waals surface area contributed by atoms with E-state index < -0.39 is 0 Å². The first-order chi connectivity index (χ1) is 7.55. The number of carbonyl (C=O) groups excluding carboxylic acids is 1. The third-order valence-electron chi connectivity index (χ3n) is 3.68. The highest BCUT2D eigenvalue weighted by atomic mass is 16.6. The molecule has 1 atom stereocenters. The van der Waals surface area contributed by atoms with Crippen LogP contribution in [0.2, 0.25) is 0 Å². The first-order valence-corrected chi connectivity index (χ1v) is 6.21. The van der Waals surface area contributed by atoms with Gasteiger partial charge in [-0.3, -0.25) is 4.79 Å². The van der Waals surface area contributed by atoms with Crippen molar-refractivity contribution in [2.45, 2.75) is 47.0 Å². The molecular formula is C13H26O3. The van der Waals surface area contributed by atoms with E-state index in [1.807, 2.05) is 6.92 Å². The highest BCUT2D eigenvalue weighted by Crippen LogP contribution is 2.37. The molecule has 1 unspecified atom stereocenters. The first-order valence-electron chi connectivity index (χ1n) is 6.21. The predicted octanol–water partition coefficient (Wildman–Crippen LogP) is 3.03. The molecule has 0 radical (unpaired) electrons. The lowest BCUT2D eigenvalue weighted by Crippen LogP contribution is -2.34. The summed E-state index contributed by atoms with van der Waals surface area (Å²) in [4.78, 5) is 11.9. The van der Waals surface area contributed by atoms with Gasteiger partial charge < -0.3 is 9.47 Å². The molecule has 0 fully saturated rings. The van der Waals surface area contributed by atoms with Crippen molar-refractivity contribution >= 4 is 5.97 Å². The molecule has 0 aliphatic heterocycles. The van der Waals surface area contributed by atoms with Gasteiger partial charge in [0.05, 0.1) is 12.5 Å². The van der Waals surface area contributed by atoms with E-state index in [9.17, 15) is 4.79 Å². The zero-order chi connectivity index (χ0) is 12.6. The molecule has 0 bridgehead atoms. The monoisotopic (exact) mass is 230 g/mol. The summed E-state index contributed by atoms with van der Waals surface area (Å²) >= 11 is 0. The lowest BCUT2D eigenvalue weighted by Gasteiger charge is -2.34. The summed E-state index contributed by atoms with van der Waals surface area (Å²) in [7, 11) is 1.60. The van der Waals surface area contributed by atoms with Gasteiger partial charge in [-0.2, -0.15) is 0 Å². The maximum Gasteiger partial charge on any atom is 0.309 e. The first kappa shape index (κ1) is 15.4.